The molecule has 10 heavy (non-hydrogen) atoms. The van der Waals surface area contributed by atoms with Crippen molar-refractivity contribution in [3.8, 4) is 0 Å². The second-order valence-corrected chi connectivity index (χ2v) is 2.56. The molecule has 0 heterocycles. The van der Waals surface area contributed by atoms with Crippen LogP contribution in [-0.4, -0.2) is 0 Å². The lowest BCUT2D eigenvalue weighted by Crippen LogP contribution is -1.84. The van der Waals surface area contributed by atoms with E-state index >= 15 is 0 Å². The van der Waals surface area contributed by atoms with Gasteiger partial charge in [-0.2, -0.15) is 0 Å². The highest BCUT2D eigenvalue weighted by molar-refractivity contribution is 5.38. The van der Waals surface area contributed by atoms with Crippen LogP contribution >= 0.6 is 0 Å². The molecule has 0 fully saturated rings. The molecule has 0 amide bonds. The Kier molecular flexibility index (Phi) is 1.23. The van der Waals surface area contributed by atoms with E-state index in [-0.39, 0.29) is 5.82 Å². The van der Waals surface area contributed by atoms with E-state index < -0.39 is 0 Å². The van der Waals surface area contributed by atoms with E-state index in [0.717, 1.165) is 24.0 Å². The van der Waals surface area contributed by atoms with Crippen molar-refractivity contribution in [1.29, 1.82) is 0 Å². The molecule has 2 rings (SSSR count). The molecule has 0 saturated heterocycles. The Bertz CT molecular complexity index is 253. The summed E-state index contributed by atoms with van der Waals surface area (Å²) in [6, 6.07) is 5.27. The first-order chi connectivity index (χ1) is 4.88. The molecule has 1 heteroatoms. The van der Waals surface area contributed by atoms with Gasteiger partial charge in [0.15, 0.2) is 0 Å². The average Bonchev–Trinajstić information content (AvgIpc) is 2.36. The lowest BCUT2D eigenvalue weighted by Gasteiger charge is -1.97. The predicted molar refractivity (Wildman–Crippen MR) is 38.1 cm³/mol. The highest BCUT2D eigenvalue weighted by Crippen LogP contribution is 2.25. The molecule has 0 bridgehead atoms. The van der Waals surface area contributed by atoms with Gasteiger partial charge in [-0.1, -0.05) is 12.1 Å². The van der Waals surface area contributed by atoms with Crippen molar-refractivity contribution in [2.24, 2.45) is 0 Å². The summed E-state index contributed by atoms with van der Waals surface area (Å²) >= 11 is 0. The second-order valence-electron chi connectivity index (χ2n) is 2.56. The molecule has 0 saturated carbocycles. The molecule has 1 aliphatic rings. The Labute approximate surface area is 59.7 Å². The van der Waals surface area contributed by atoms with Crippen LogP contribution in [0.25, 0.3) is 0 Å². The lowest BCUT2D eigenvalue weighted by atomic mass is 10.1. The monoisotopic (exact) mass is 135 g/mol. The summed E-state index contributed by atoms with van der Waals surface area (Å²) in [6.07, 6.45) is 3.97. The van der Waals surface area contributed by atoms with E-state index in [4.69, 9.17) is 0 Å². The second kappa shape index (κ2) is 2.08. The molecule has 0 aromatic heterocycles. The van der Waals surface area contributed by atoms with E-state index in [9.17, 15) is 4.39 Å². The minimum absolute atomic E-state index is 0.0741. The lowest BCUT2D eigenvalue weighted by molar-refractivity contribution is 0.620. The number of fused-ring (bicyclic) bond motifs is 1. The molecule has 0 aliphatic heterocycles. The Balaban J connectivity index is 2.59. The van der Waals surface area contributed by atoms with E-state index in [1.807, 2.05) is 12.5 Å². The summed E-state index contributed by atoms with van der Waals surface area (Å²) in [7, 11) is 0. The first kappa shape index (κ1) is 5.90. The highest BCUT2D eigenvalue weighted by atomic mass is 19.1. The van der Waals surface area contributed by atoms with Gasteiger partial charge in [0.2, 0.25) is 0 Å². The van der Waals surface area contributed by atoms with E-state index in [1.54, 1.807) is 6.07 Å². The van der Waals surface area contributed by atoms with Crippen molar-refractivity contribution in [3.63, 3.8) is 0 Å². The maximum atomic E-state index is 12.9. The van der Waals surface area contributed by atoms with Crippen LogP contribution in [0.5, 0.6) is 0 Å². The molecule has 51 valence electrons. The number of halogens is 1. The summed E-state index contributed by atoms with van der Waals surface area (Å²) < 4.78 is 12.9. The Hall–Kier alpha value is -0.850. The summed E-state index contributed by atoms with van der Waals surface area (Å²) in [5, 5.41) is 0. The van der Waals surface area contributed by atoms with Gasteiger partial charge >= 0.3 is 0 Å². The van der Waals surface area contributed by atoms with Crippen molar-refractivity contribution < 1.29 is 4.39 Å². The molecular weight excluding hydrogens is 127 g/mol. The van der Waals surface area contributed by atoms with E-state index in [0.29, 0.717) is 0 Å². The number of rotatable bonds is 0. The van der Waals surface area contributed by atoms with Crippen LogP contribution in [0.1, 0.15) is 17.5 Å². The van der Waals surface area contributed by atoms with Crippen LogP contribution in [0, 0.1) is 12.2 Å². The topological polar surface area (TPSA) is 0 Å². The summed E-state index contributed by atoms with van der Waals surface area (Å²) in [4.78, 5) is 0. The third kappa shape index (κ3) is 0.737. The van der Waals surface area contributed by atoms with Gasteiger partial charge in [0, 0.05) is 0 Å². The molecule has 1 aromatic carbocycles. The normalized spacial score (nSPS) is 15.3. The minimum atomic E-state index is -0.0741. The van der Waals surface area contributed by atoms with Crippen molar-refractivity contribution >= 4 is 0 Å². The minimum Gasteiger partial charge on any atom is -0.207 e. The van der Waals surface area contributed by atoms with Gasteiger partial charge in [0.05, 0.1) is 0 Å². The molecule has 1 aromatic rings. The zero-order valence-electron chi connectivity index (χ0n) is 5.60. The predicted octanol–water partition coefficient (Wildman–Crippen LogP) is 2.32. The summed E-state index contributed by atoms with van der Waals surface area (Å²) in [5.41, 5.74) is 1.97. The van der Waals surface area contributed by atoms with Crippen molar-refractivity contribution in [1.82, 2.24) is 0 Å². The van der Waals surface area contributed by atoms with Crippen LogP contribution in [-0.2, 0) is 6.42 Å². The molecule has 1 aliphatic carbocycles. The van der Waals surface area contributed by atoms with Gasteiger partial charge in [-0.3, -0.25) is 0 Å². The van der Waals surface area contributed by atoms with Crippen LogP contribution < -0.4 is 0 Å². The van der Waals surface area contributed by atoms with Gasteiger partial charge in [-0.25, -0.2) is 4.39 Å². The maximum absolute atomic E-state index is 12.9. The average molecular weight is 135 g/mol. The van der Waals surface area contributed by atoms with Crippen molar-refractivity contribution in [2.45, 2.75) is 12.8 Å². The smallest absolute Gasteiger partial charge is 0.126 e. The zero-order chi connectivity index (χ0) is 6.97. The first-order valence-corrected chi connectivity index (χ1v) is 3.48. The molecule has 0 unspecified atom stereocenters. The first-order valence-electron chi connectivity index (χ1n) is 3.48. The number of benzene rings is 1. The Morgan fingerprint density at radius 3 is 3.00 bits per heavy atom. The van der Waals surface area contributed by atoms with E-state index in [1.165, 1.54) is 6.07 Å². The fraction of sp³-hybridized carbons (Fsp3) is 0.222. The number of aryl methyl sites for hydroxylation is 1. The van der Waals surface area contributed by atoms with Gasteiger partial charge in [-0.15, -0.1) is 0 Å². The van der Waals surface area contributed by atoms with Crippen LogP contribution in [0.4, 0.5) is 4.39 Å². The third-order valence-corrected chi connectivity index (χ3v) is 1.91. The van der Waals surface area contributed by atoms with Gasteiger partial charge in [-0.05, 0) is 36.5 Å². The fourth-order valence-corrected chi connectivity index (χ4v) is 1.40. The summed E-state index contributed by atoms with van der Waals surface area (Å²) in [6.45, 7) is 0. The highest BCUT2D eigenvalue weighted by Gasteiger charge is 2.13. The largest absolute Gasteiger partial charge is 0.207 e. The molecule has 1 radical (unpaired) electrons. The number of hydrogen-bond donors (Lipinski definition) is 0. The van der Waals surface area contributed by atoms with Crippen LogP contribution in [0.15, 0.2) is 18.2 Å². The third-order valence-electron chi connectivity index (χ3n) is 1.91. The Morgan fingerprint density at radius 2 is 2.20 bits per heavy atom. The van der Waals surface area contributed by atoms with Crippen LogP contribution in [0.3, 0.4) is 0 Å². The summed E-state index contributed by atoms with van der Waals surface area (Å²) in [5.74, 6) is -0.0741. The van der Waals surface area contributed by atoms with Gasteiger partial charge < -0.3 is 0 Å². The molecular formula is C9H8F. The maximum Gasteiger partial charge on any atom is 0.126 e. The fourth-order valence-electron chi connectivity index (χ4n) is 1.40. The van der Waals surface area contributed by atoms with Gasteiger partial charge in [0.25, 0.3) is 0 Å². The van der Waals surface area contributed by atoms with Crippen molar-refractivity contribution in [2.75, 3.05) is 0 Å². The molecule has 0 atom stereocenters. The molecule has 0 spiro atoms. The standard InChI is InChI=1S/C9H8F/c10-9-6-2-4-7-3-1-5-8(7)9/h2,4-6H,1,3H2. The van der Waals surface area contributed by atoms with Crippen molar-refractivity contribution in [3.05, 3.63) is 41.6 Å². The quantitative estimate of drug-likeness (QED) is 0.512. The van der Waals surface area contributed by atoms with Gasteiger partial charge in [0.1, 0.15) is 5.82 Å². The molecule has 0 N–H and O–H groups in total. The SMILES string of the molecule is Fc1cccc2c1[CH]CC2. The van der Waals surface area contributed by atoms with Crippen LogP contribution in [0.2, 0.25) is 0 Å². The van der Waals surface area contributed by atoms with E-state index in [2.05, 4.69) is 0 Å². The zero-order valence-corrected chi connectivity index (χ0v) is 5.60. The molecule has 0 nitrogen and oxygen atoms in total. The Morgan fingerprint density at radius 1 is 1.30 bits per heavy atom. The number of hydrogen-bond acceptors (Lipinski definition) is 0.